The Balaban J connectivity index is 0.00000132. The SMILES string of the molecule is CC.O=C(COCC1=CC(Cl)NC=C1)c1c(O)[n+]2ccccc2n1Cc1cnc(Cl)s1. The van der Waals surface area contributed by atoms with Crippen LogP contribution in [0.1, 0.15) is 29.2 Å². The molecule has 164 valence electrons. The molecular weight excluding hydrogens is 459 g/mol. The van der Waals surface area contributed by atoms with E-state index in [2.05, 4.69) is 10.3 Å². The molecule has 1 atom stereocenters. The number of ether oxygens (including phenoxy) is 1. The average molecular weight is 482 g/mol. The number of nitrogens with one attached hydrogen (secondary N) is 1. The van der Waals surface area contributed by atoms with E-state index in [1.54, 1.807) is 33.6 Å². The molecule has 4 rings (SSSR count). The van der Waals surface area contributed by atoms with Gasteiger partial charge in [0.1, 0.15) is 18.7 Å². The molecule has 4 heterocycles. The third-order valence-electron chi connectivity index (χ3n) is 4.34. The number of imidazole rings is 1. The number of thiazole rings is 1. The normalized spacial score (nSPS) is 15.2. The highest BCUT2D eigenvalue weighted by molar-refractivity contribution is 7.15. The molecule has 3 aromatic heterocycles. The van der Waals surface area contributed by atoms with Gasteiger partial charge in [-0.15, -0.1) is 11.3 Å². The van der Waals surface area contributed by atoms with E-state index in [0.29, 0.717) is 16.7 Å². The lowest BCUT2D eigenvalue weighted by molar-refractivity contribution is -0.521. The number of rotatable bonds is 7. The van der Waals surface area contributed by atoms with Crippen LogP contribution >= 0.6 is 34.5 Å². The highest BCUT2D eigenvalue weighted by atomic mass is 35.5. The zero-order chi connectivity index (χ0) is 22.4. The van der Waals surface area contributed by atoms with Crippen LogP contribution in [0.2, 0.25) is 4.47 Å². The van der Waals surface area contributed by atoms with Gasteiger partial charge < -0.3 is 15.2 Å². The summed E-state index contributed by atoms with van der Waals surface area (Å²) in [5.74, 6) is -0.464. The maximum atomic E-state index is 12.9. The summed E-state index contributed by atoms with van der Waals surface area (Å²) in [5.41, 5.74) is 1.41. The zero-order valence-electron chi connectivity index (χ0n) is 17.1. The maximum Gasteiger partial charge on any atom is 0.339 e. The minimum Gasteiger partial charge on any atom is -0.474 e. The Morgan fingerprint density at radius 3 is 2.94 bits per heavy atom. The summed E-state index contributed by atoms with van der Waals surface area (Å²) in [4.78, 5) is 17.8. The topological polar surface area (TPSA) is 80.5 Å². The highest BCUT2D eigenvalue weighted by Crippen LogP contribution is 2.24. The second-order valence-corrected chi connectivity index (χ2v) is 8.49. The predicted molar refractivity (Wildman–Crippen MR) is 122 cm³/mol. The molecular formula is C21H23Cl2N4O3S+. The van der Waals surface area contributed by atoms with Crippen molar-refractivity contribution in [3.05, 3.63) is 69.6 Å². The van der Waals surface area contributed by atoms with Gasteiger partial charge >= 0.3 is 5.88 Å². The van der Waals surface area contributed by atoms with Crippen molar-refractivity contribution in [1.82, 2.24) is 14.9 Å². The number of carbonyl (C=O) groups excluding carboxylic acids is 1. The maximum absolute atomic E-state index is 12.9. The van der Waals surface area contributed by atoms with Crippen molar-refractivity contribution >= 4 is 46.0 Å². The second-order valence-electron chi connectivity index (χ2n) is 6.33. The number of ketones is 1. The molecule has 1 unspecified atom stereocenters. The first-order chi connectivity index (χ1) is 15.0. The molecule has 1 aliphatic rings. The Bertz CT molecular complexity index is 1120. The van der Waals surface area contributed by atoms with Gasteiger partial charge in [-0.3, -0.25) is 4.79 Å². The predicted octanol–water partition coefficient (Wildman–Crippen LogP) is 3.92. The number of fused-ring (bicyclic) bond motifs is 1. The Labute approximate surface area is 194 Å². The number of aromatic nitrogens is 3. The van der Waals surface area contributed by atoms with E-state index in [0.717, 1.165) is 10.5 Å². The summed E-state index contributed by atoms with van der Waals surface area (Å²) in [7, 11) is 0. The van der Waals surface area contributed by atoms with Gasteiger partial charge in [-0.1, -0.05) is 43.1 Å². The number of Topliss-reactive ketones (excluding diaryl/α,β-unsaturated/α-hetero) is 1. The number of carbonyl (C=O) groups is 1. The van der Waals surface area contributed by atoms with Gasteiger partial charge in [-0.05, 0) is 30.0 Å². The summed E-state index contributed by atoms with van der Waals surface area (Å²) in [5, 5.41) is 13.6. The number of aromatic hydroxyl groups is 1. The van der Waals surface area contributed by atoms with Crippen molar-refractivity contribution in [2.75, 3.05) is 13.2 Å². The smallest absolute Gasteiger partial charge is 0.339 e. The summed E-state index contributed by atoms with van der Waals surface area (Å²) < 4.78 is 9.30. The molecule has 0 aromatic carbocycles. The van der Waals surface area contributed by atoms with Gasteiger partial charge in [0.2, 0.25) is 5.78 Å². The monoisotopic (exact) mass is 481 g/mol. The third kappa shape index (κ3) is 5.46. The van der Waals surface area contributed by atoms with Gasteiger partial charge in [0.15, 0.2) is 4.47 Å². The van der Waals surface area contributed by atoms with Crippen LogP contribution in [0.4, 0.5) is 0 Å². The first-order valence-electron chi connectivity index (χ1n) is 9.73. The minimum absolute atomic E-state index is 0.133. The fourth-order valence-electron chi connectivity index (χ4n) is 3.10. The number of hydrogen-bond acceptors (Lipinski definition) is 6. The van der Waals surface area contributed by atoms with Gasteiger partial charge in [-0.25, -0.2) is 9.55 Å². The molecule has 10 heteroatoms. The Morgan fingerprint density at radius 1 is 1.42 bits per heavy atom. The molecule has 31 heavy (non-hydrogen) atoms. The van der Waals surface area contributed by atoms with Crippen molar-refractivity contribution in [1.29, 1.82) is 0 Å². The molecule has 0 bridgehead atoms. The van der Waals surface area contributed by atoms with E-state index in [9.17, 15) is 9.90 Å². The van der Waals surface area contributed by atoms with Crippen LogP contribution in [0, 0.1) is 0 Å². The summed E-state index contributed by atoms with van der Waals surface area (Å²) in [6.07, 6.45) is 8.74. The van der Waals surface area contributed by atoms with Crippen LogP contribution in [-0.2, 0) is 11.3 Å². The molecule has 0 saturated carbocycles. The summed E-state index contributed by atoms with van der Waals surface area (Å²) >= 11 is 13.3. The van der Waals surface area contributed by atoms with Crippen LogP contribution in [-0.4, -0.2) is 39.2 Å². The first-order valence-corrected chi connectivity index (χ1v) is 11.4. The molecule has 0 aliphatic carbocycles. The number of dihydropyridines is 1. The number of alkyl halides is 1. The molecule has 7 nitrogen and oxygen atoms in total. The lowest BCUT2D eigenvalue weighted by Gasteiger charge is -2.13. The molecule has 0 fully saturated rings. The van der Waals surface area contributed by atoms with E-state index < -0.39 is 0 Å². The largest absolute Gasteiger partial charge is 0.474 e. The van der Waals surface area contributed by atoms with Gasteiger partial charge in [0.05, 0.1) is 17.7 Å². The fourth-order valence-corrected chi connectivity index (χ4v) is 4.30. The Morgan fingerprint density at radius 2 is 2.23 bits per heavy atom. The van der Waals surface area contributed by atoms with Crippen LogP contribution < -0.4 is 9.72 Å². The zero-order valence-corrected chi connectivity index (χ0v) is 19.4. The molecule has 2 N–H and O–H groups in total. The molecule has 0 radical (unpaired) electrons. The molecule has 0 spiro atoms. The van der Waals surface area contributed by atoms with Crippen molar-refractivity contribution in [2.24, 2.45) is 0 Å². The van der Waals surface area contributed by atoms with E-state index >= 15 is 0 Å². The second kappa shape index (κ2) is 10.8. The van der Waals surface area contributed by atoms with E-state index in [1.165, 1.54) is 11.3 Å². The van der Waals surface area contributed by atoms with Crippen LogP contribution in [0.3, 0.4) is 0 Å². The lowest BCUT2D eigenvalue weighted by atomic mass is 10.2. The molecule has 1 aliphatic heterocycles. The summed E-state index contributed by atoms with van der Waals surface area (Å²) in [6.45, 7) is 4.41. The van der Waals surface area contributed by atoms with E-state index in [4.69, 9.17) is 27.9 Å². The number of nitrogens with zero attached hydrogens (tertiary/aromatic N) is 3. The molecule has 0 saturated heterocycles. The van der Waals surface area contributed by atoms with Gasteiger partial charge in [0, 0.05) is 12.3 Å². The molecule has 3 aromatic rings. The number of halogens is 2. The fraction of sp³-hybridized carbons (Fsp3) is 0.286. The number of hydrogen-bond donors (Lipinski definition) is 2. The highest BCUT2D eigenvalue weighted by Gasteiger charge is 2.31. The quantitative estimate of drug-likeness (QED) is 0.231. The third-order valence-corrected chi connectivity index (χ3v) is 5.69. The van der Waals surface area contributed by atoms with Gasteiger partial charge in [0.25, 0.3) is 11.3 Å². The van der Waals surface area contributed by atoms with Crippen molar-refractivity contribution < 1.29 is 19.0 Å². The Kier molecular flexibility index (Phi) is 8.09. The van der Waals surface area contributed by atoms with Crippen LogP contribution in [0.5, 0.6) is 5.88 Å². The van der Waals surface area contributed by atoms with Gasteiger partial charge in [-0.2, -0.15) is 4.40 Å². The minimum atomic E-state index is -0.331. The standard InChI is InChI=1S/C19H16Cl2N4O3S.C2H6/c20-15-7-12(4-5-22-15)10-28-11-14(26)17-18(27)24-6-2-1-3-16(24)25(17)9-13-8-23-19(21)29-13;1-2/h1-8,15,22H,9-11H2;1-2H3/p+1. The molecule has 0 amide bonds. The Hall–Kier alpha value is -2.39. The summed E-state index contributed by atoms with van der Waals surface area (Å²) in [6, 6.07) is 5.45. The first kappa shape index (κ1) is 23.3. The van der Waals surface area contributed by atoms with Crippen molar-refractivity contribution in [3.63, 3.8) is 0 Å². The average Bonchev–Trinajstić information content (AvgIpc) is 3.31. The van der Waals surface area contributed by atoms with Crippen molar-refractivity contribution in [3.8, 4) is 5.88 Å². The van der Waals surface area contributed by atoms with E-state index in [-0.39, 0.29) is 36.1 Å². The van der Waals surface area contributed by atoms with Crippen molar-refractivity contribution in [2.45, 2.75) is 25.9 Å². The number of pyridine rings is 1. The van der Waals surface area contributed by atoms with E-state index in [1.807, 2.05) is 38.1 Å². The van der Waals surface area contributed by atoms with Crippen LogP contribution in [0.25, 0.3) is 5.65 Å². The lowest BCUT2D eigenvalue weighted by Crippen LogP contribution is -2.20. The van der Waals surface area contributed by atoms with Crippen LogP contribution in [0.15, 0.2) is 54.5 Å².